The van der Waals surface area contributed by atoms with E-state index in [-0.39, 0.29) is 35.4 Å². The van der Waals surface area contributed by atoms with Gasteiger partial charge in [-0.3, -0.25) is 14.3 Å². The van der Waals surface area contributed by atoms with Crippen molar-refractivity contribution in [2.75, 3.05) is 32.6 Å². The highest BCUT2D eigenvalue weighted by molar-refractivity contribution is 7.93. The van der Waals surface area contributed by atoms with Crippen molar-refractivity contribution in [3.05, 3.63) is 18.0 Å². The van der Waals surface area contributed by atoms with Gasteiger partial charge in [-0.1, -0.05) is 0 Å². The number of hydrogen-bond acceptors (Lipinski definition) is 6. The molecule has 0 bridgehead atoms. The van der Waals surface area contributed by atoms with Crippen molar-refractivity contribution in [3.8, 4) is 0 Å². The van der Waals surface area contributed by atoms with Crippen LogP contribution in [0.4, 0.5) is 0 Å². The summed E-state index contributed by atoms with van der Waals surface area (Å²) in [6.45, 7) is 2.01. The highest BCUT2D eigenvalue weighted by Crippen LogP contribution is 2.46. The summed E-state index contributed by atoms with van der Waals surface area (Å²) in [7, 11) is -1.69. The van der Waals surface area contributed by atoms with E-state index in [1.54, 1.807) is 29.0 Å². The number of nitrogens with one attached hydrogen (secondary N) is 1. The van der Waals surface area contributed by atoms with Crippen LogP contribution in [0.2, 0.25) is 0 Å². The van der Waals surface area contributed by atoms with Crippen LogP contribution in [0.3, 0.4) is 0 Å². The van der Waals surface area contributed by atoms with Gasteiger partial charge in [0.2, 0.25) is 5.91 Å². The third-order valence-corrected chi connectivity index (χ3v) is 8.03. The van der Waals surface area contributed by atoms with Crippen molar-refractivity contribution < 1.29 is 22.7 Å². The molecule has 2 saturated heterocycles. The van der Waals surface area contributed by atoms with E-state index in [9.17, 15) is 18.0 Å². The average Bonchev–Trinajstić information content (AvgIpc) is 3.09. The summed E-state index contributed by atoms with van der Waals surface area (Å²) in [6, 6.07) is 1.71. The lowest BCUT2D eigenvalue weighted by Crippen LogP contribution is -2.43. The monoisotopic (exact) mass is 396 g/mol. The molecule has 1 saturated carbocycles. The van der Waals surface area contributed by atoms with Gasteiger partial charge >= 0.3 is 0 Å². The number of ether oxygens (including phenoxy) is 1. The van der Waals surface area contributed by atoms with Crippen LogP contribution in [0.1, 0.15) is 23.3 Å². The van der Waals surface area contributed by atoms with E-state index in [1.165, 1.54) is 0 Å². The van der Waals surface area contributed by atoms with Gasteiger partial charge in [-0.25, -0.2) is 8.42 Å². The lowest BCUT2D eigenvalue weighted by molar-refractivity contribution is -0.130. The molecule has 148 valence electrons. The second kappa shape index (κ2) is 6.90. The molecule has 1 aliphatic carbocycles. The van der Waals surface area contributed by atoms with E-state index in [4.69, 9.17) is 4.74 Å². The van der Waals surface area contributed by atoms with Crippen molar-refractivity contribution in [2.45, 2.75) is 30.7 Å². The van der Waals surface area contributed by atoms with Gasteiger partial charge in [0, 0.05) is 44.3 Å². The molecule has 3 aliphatic rings. The number of methoxy groups -OCH3 is 1. The van der Waals surface area contributed by atoms with E-state index in [0.717, 1.165) is 0 Å². The van der Waals surface area contributed by atoms with Crippen molar-refractivity contribution in [3.63, 3.8) is 0 Å². The third kappa shape index (κ3) is 3.36. The number of amides is 2. The SMILES string of the molecule is COCCn1nccc1C(=O)NC1[C@@H]2CN(C(=O)C3CCCS3(=O)=O)C[C@@H]12. The van der Waals surface area contributed by atoms with Crippen molar-refractivity contribution in [1.82, 2.24) is 20.0 Å². The van der Waals surface area contributed by atoms with Gasteiger partial charge in [0.05, 0.1) is 18.9 Å². The number of fused-ring (bicyclic) bond motifs is 1. The maximum Gasteiger partial charge on any atom is 0.269 e. The summed E-state index contributed by atoms with van der Waals surface area (Å²) in [5, 5.41) is 6.29. The molecule has 10 heteroatoms. The minimum absolute atomic E-state index is 0.0347. The molecule has 9 nitrogen and oxygen atoms in total. The molecule has 0 radical (unpaired) electrons. The zero-order valence-electron chi connectivity index (χ0n) is 15.2. The van der Waals surface area contributed by atoms with E-state index in [1.807, 2.05) is 0 Å². The molecule has 1 unspecified atom stereocenters. The fourth-order valence-electron chi connectivity index (χ4n) is 4.30. The largest absolute Gasteiger partial charge is 0.383 e. The predicted octanol–water partition coefficient (Wildman–Crippen LogP) is -0.707. The Kier molecular flexibility index (Phi) is 4.71. The van der Waals surface area contributed by atoms with Gasteiger partial charge in [0.15, 0.2) is 9.84 Å². The predicted molar refractivity (Wildman–Crippen MR) is 95.7 cm³/mol. The van der Waals surface area contributed by atoms with E-state index in [2.05, 4.69) is 10.4 Å². The zero-order valence-corrected chi connectivity index (χ0v) is 16.0. The molecular formula is C17H24N4O5S. The van der Waals surface area contributed by atoms with Crippen LogP contribution < -0.4 is 5.32 Å². The number of hydrogen-bond donors (Lipinski definition) is 1. The second-order valence-electron chi connectivity index (χ2n) is 7.50. The second-order valence-corrected chi connectivity index (χ2v) is 9.80. The minimum atomic E-state index is -3.28. The molecule has 3 atom stereocenters. The summed E-state index contributed by atoms with van der Waals surface area (Å²) in [5.41, 5.74) is 0.488. The van der Waals surface area contributed by atoms with Crippen LogP contribution in [-0.4, -0.2) is 78.8 Å². The van der Waals surface area contributed by atoms with Gasteiger partial charge < -0.3 is 15.0 Å². The summed E-state index contributed by atoms with van der Waals surface area (Å²) >= 11 is 0. The molecular weight excluding hydrogens is 372 g/mol. The van der Waals surface area contributed by atoms with Gasteiger partial charge in [-0.05, 0) is 18.9 Å². The number of sulfone groups is 1. The Bertz CT molecular complexity index is 839. The van der Waals surface area contributed by atoms with Gasteiger partial charge in [0.1, 0.15) is 10.9 Å². The Morgan fingerprint density at radius 2 is 2.07 bits per heavy atom. The van der Waals surface area contributed by atoms with Crippen molar-refractivity contribution >= 4 is 21.7 Å². The summed E-state index contributed by atoms with van der Waals surface area (Å²) in [5.74, 6) is 0.0795. The molecule has 1 aromatic rings. The van der Waals surface area contributed by atoms with Gasteiger partial charge in [-0.2, -0.15) is 5.10 Å². The number of aromatic nitrogens is 2. The highest BCUT2D eigenvalue weighted by atomic mass is 32.2. The van der Waals surface area contributed by atoms with E-state index < -0.39 is 15.1 Å². The number of likely N-dealkylation sites (tertiary alicyclic amines) is 1. The lowest BCUT2D eigenvalue weighted by Gasteiger charge is -2.23. The lowest BCUT2D eigenvalue weighted by atomic mass is 10.2. The quantitative estimate of drug-likeness (QED) is 0.680. The third-order valence-electron chi connectivity index (χ3n) is 5.86. The summed E-state index contributed by atoms with van der Waals surface area (Å²) < 4.78 is 30.6. The summed E-state index contributed by atoms with van der Waals surface area (Å²) in [4.78, 5) is 26.7. The zero-order chi connectivity index (χ0) is 19.2. The number of carbonyl (C=O) groups excluding carboxylic acids is 2. The fraction of sp³-hybridized carbons (Fsp3) is 0.706. The number of rotatable bonds is 6. The first-order valence-corrected chi connectivity index (χ1v) is 11.0. The Balaban J connectivity index is 1.31. The Hall–Kier alpha value is -1.94. The number of carbonyl (C=O) groups is 2. The molecule has 0 spiro atoms. The molecule has 27 heavy (non-hydrogen) atoms. The van der Waals surface area contributed by atoms with E-state index >= 15 is 0 Å². The topological polar surface area (TPSA) is 111 Å². The van der Waals surface area contributed by atoms with Crippen LogP contribution >= 0.6 is 0 Å². The molecule has 0 aromatic carbocycles. The average molecular weight is 396 g/mol. The smallest absolute Gasteiger partial charge is 0.269 e. The fourth-order valence-corrected chi connectivity index (χ4v) is 6.14. The Morgan fingerprint density at radius 1 is 1.33 bits per heavy atom. The molecule has 3 fully saturated rings. The van der Waals surface area contributed by atoms with Crippen LogP contribution in [0.25, 0.3) is 0 Å². The standard InChI is InChI=1S/C17H24N4O5S/c1-26-7-6-21-13(4-5-18-21)16(22)19-15-11-9-20(10-12(11)15)17(23)14-3-2-8-27(14,24)25/h4-5,11-12,14-15H,2-3,6-10H2,1H3,(H,19,22)/t11-,12-,14?/m1/s1. The molecule has 1 N–H and O–H groups in total. The van der Waals surface area contributed by atoms with Gasteiger partial charge in [-0.15, -0.1) is 0 Å². The maximum atomic E-state index is 12.5. The normalized spacial score (nSPS) is 30.9. The van der Waals surface area contributed by atoms with Crippen LogP contribution in [-0.2, 0) is 25.9 Å². The first kappa shape index (κ1) is 18.4. The number of piperidine rings is 1. The van der Waals surface area contributed by atoms with Crippen LogP contribution in [0.15, 0.2) is 12.3 Å². The Labute approximate surface area is 158 Å². The molecule has 1 aromatic heterocycles. The molecule has 2 amide bonds. The van der Waals surface area contributed by atoms with Crippen molar-refractivity contribution in [2.24, 2.45) is 11.8 Å². The number of nitrogens with zero attached hydrogens (tertiary/aromatic N) is 3. The van der Waals surface area contributed by atoms with Crippen molar-refractivity contribution in [1.29, 1.82) is 0 Å². The molecule has 4 rings (SSSR count). The first-order chi connectivity index (χ1) is 12.9. The van der Waals surface area contributed by atoms with Crippen LogP contribution in [0, 0.1) is 11.8 Å². The Morgan fingerprint density at radius 3 is 2.70 bits per heavy atom. The molecule has 3 heterocycles. The van der Waals surface area contributed by atoms with Gasteiger partial charge in [0.25, 0.3) is 5.91 Å². The maximum absolute atomic E-state index is 12.5. The van der Waals surface area contributed by atoms with Crippen LogP contribution in [0.5, 0.6) is 0 Å². The van der Waals surface area contributed by atoms with E-state index in [0.29, 0.717) is 44.8 Å². The minimum Gasteiger partial charge on any atom is -0.383 e. The summed E-state index contributed by atoms with van der Waals surface area (Å²) in [6.07, 6.45) is 2.58. The highest BCUT2D eigenvalue weighted by Gasteiger charge is 2.58. The first-order valence-electron chi connectivity index (χ1n) is 9.24. The molecule has 2 aliphatic heterocycles.